The van der Waals surface area contributed by atoms with Gasteiger partial charge in [-0.15, -0.1) is 21.5 Å². The van der Waals surface area contributed by atoms with Crippen LogP contribution < -0.4 is 10.1 Å². The van der Waals surface area contributed by atoms with Crippen molar-refractivity contribution in [1.29, 1.82) is 0 Å². The molecule has 0 radical (unpaired) electrons. The molecule has 1 saturated carbocycles. The molecule has 1 N–H and O–H groups in total. The van der Waals surface area contributed by atoms with Crippen LogP contribution in [-0.4, -0.2) is 69.3 Å². The second kappa shape index (κ2) is 12.5. The van der Waals surface area contributed by atoms with Gasteiger partial charge in [0.1, 0.15) is 18.3 Å². The molecule has 1 saturated heterocycles. The third-order valence-electron chi connectivity index (χ3n) is 7.15. The molecular formula is C27H34N6O4S. The second-order valence-electron chi connectivity index (χ2n) is 9.81. The van der Waals surface area contributed by atoms with Gasteiger partial charge in [-0.3, -0.25) is 9.59 Å². The number of thiophene rings is 1. The molecule has 2 fully saturated rings. The SMILES string of the molecule is COc1ccc(-c2nnn(CC(=O)N(C[C@@H]3CCCO3)[C@@H](C(=O)NC3CCCCC3)c3cccs3)n2)cc1. The number of hydrogen-bond acceptors (Lipinski definition) is 8. The molecule has 10 nitrogen and oxygen atoms in total. The van der Waals surface area contributed by atoms with Crippen molar-refractivity contribution in [3.05, 3.63) is 46.7 Å². The van der Waals surface area contributed by atoms with E-state index in [0.717, 1.165) is 54.7 Å². The Balaban J connectivity index is 1.37. The lowest BCUT2D eigenvalue weighted by Crippen LogP contribution is -2.49. The number of nitrogens with one attached hydrogen (secondary N) is 1. The van der Waals surface area contributed by atoms with Crippen LogP contribution in [-0.2, 0) is 20.9 Å². The van der Waals surface area contributed by atoms with Crippen molar-refractivity contribution >= 4 is 23.2 Å². The number of amides is 2. The van der Waals surface area contributed by atoms with E-state index in [1.807, 2.05) is 41.8 Å². The normalized spacial score (nSPS) is 18.7. The Morgan fingerprint density at radius 1 is 1.16 bits per heavy atom. The van der Waals surface area contributed by atoms with E-state index in [-0.39, 0.29) is 30.5 Å². The van der Waals surface area contributed by atoms with Crippen LogP contribution in [0.2, 0.25) is 0 Å². The molecule has 2 aliphatic rings. The number of tetrazole rings is 1. The standard InChI is InChI=1S/C27H34N6O4S/c1-36-21-13-11-19(12-14-21)26-29-31-33(30-26)18-24(34)32(17-22-9-5-15-37-22)25(23-10-6-16-38-23)27(35)28-20-7-3-2-4-8-20/h6,10-14,16,20,22,25H,2-5,7-9,15,17-18H2,1H3,(H,28,35)/t22-,25+/m0/s1. The van der Waals surface area contributed by atoms with E-state index >= 15 is 0 Å². The molecule has 11 heteroatoms. The Bertz CT molecular complexity index is 1190. The quantitative estimate of drug-likeness (QED) is 0.420. The highest BCUT2D eigenvalue weighted by molar-refractivity contribution is 7.10. The third-order valence-corrected chi connectivity index (χ3v) is 8.07. The molecule has 2 aromatic heterocycles. The van der Waals surface area contributed by atoms with E-state index in [4.69, 9.17) is 9.47 Å². The molecule has 3 heterocycles. The van der Waals surface area contributed by atoms with Crippen LogP contribution in [0.4, 0.5) is 0 Å². The van der Waals surface area contributed by atoms with E-state index in [0.29, 0.717) is 19.0 Å². The zero-order valence-electron chi connectivity index (χ0n) is 21.6. The predicted molar refractivity (Wildman–Crippen MR) is 143 cm³/mol. The number of carbonyl (C=O) groups excluding carboxylic acids is 2. The average Bonchev–Trinajstić information content (AvgIpc) is 3.73. The number of carbonyl (C=O) groups is 2. The van der Waals surface area contributed by atoms with Gasteiger partial charge in [0.05, 0.1) is 13.2 Å². The summed E-state index contributed by atoms with van der Waals surface area (Å²) in [6, 6.07) is 10.6. The highest BCUT2D eigenvalue weighted by Gasteiger charge is 2.36. The lowest BCUT2D eigenvalue weighted by molar-refractivity contribution is -0.143. The molecule has 0 unspecified atom stereocenters. The highest BCUT2D eigenvalue weighted by Crippen LogP contribution is 2.29. The number of hydrogen-bond donors (Lipinski definition) is 1. The van der Waals surface area contributed by atoms with Gasteiger partial charge in [0.25, 0.3) is 0 Å². The molecule has 38 heavy (non-hydrogen) atoms. The van der Waals surface area contributed by atoms with Gasteiger partial charge >= 0.3 is 0 Å². The summed E-state index contributed by atoms with van der Waals surface area (Å²) in [6.45, 7) is 0.870. The van der Waals surface area contributed by atoms with Gasteiger partial charge in [-0.2, -0.15) is 4.80 Å². The first-order chi connectivity index (χ1) is 18.6. The summed E-state index contributed by atoms with van der Waals surface area (Å²) in [5, 5.41) is 17.9. The first-order valence-electron chi connectivity index (χ1n) is 13.3. The van der Waals surface area contributed by atoms with Crippen molar-refractivity contribution in [3.8, 4) is 17.1 Å². The molecule has 1 aromatic carbocycles. The van der Waals surface area contributed by atoms with Crippen molar-refractivity contribution in [3.63, 3.8) is 0 Å². The summed E-state index contributed by atoms with van der Waals surface area (Å²) in [6.07, 6.45) is 7.06. The van der Waals surface area contributed by atoms with Crippen LogP contribution in [0.3, 0.4) is 0 Å². The molecule has 5 rings (SSSR count). The molecule has 3 aromatic rings. The second-order valence-corrected chi connectivity index (χ2v) is 10.8. The maximum Gasteiger partial charge on any atom is 0.248 e. The van der Waals surface area contributed by atoms with Crippen LogP contribution in [0.25, 0.3) is 11.4 Å². The molecule has 1 aliphatic heterocycles. The first-order valence-corrected chi connectivity index (χ1v) is 14.2. The number of benzene rings is 1. The zero-order chi connectivity index (χ0) is 26.3. The van der Waals surface area contributed by atoms with Gasteiger partial charge in [-0.25, -0.2) is 0 Å². The molecular weight excluding hydrogens is 504 g/mol. The van der Waals surface area contributed by atoms with Crippen molar-refractivity contribution < 1.29 is 19.1 Å². The summed E-state index contributed by atoms with van der Waals surface area (Å²) in [5.41, 5.74) is 0.768. The fraction of sp³-hybridized carbons (Fsp3) is 0.519. The Labute approximate surface area is 226 Å². The van der Waals surface area contributed by atoms with Gasteiger partial charge in [-0.1, -0.05) is 25.3 Å². The summed E-state index contributed by atoms with van der Waals surface area (Å²) < 4.78 is 11.1. The van der Waals surface area contributed by atoms with Gasteiger partial charge in [0, 0.05) is 29.6 Å². The minimum Gasteiger partial charge on any atom is -0.497 e. The number of ether oxygens (including phenoxy) is 2. The predicted octanol–water partition coefficient (Wildman–Crippen LogP) is 3.61. The number of rotatable bonds is 10. The van der Waals surface area contributed by atoms with E-state index < -0.39 is 6.04 Å². The van der Waals surface area contributed by atoms with Crippen molar-refractivity contribution in [2.45, 2.75) is 69.7 Å². The minimum atomic E-state index is -0.738. The molecule has 2 amide bonds. The fourth-order valence-electron chi connectivity index (χ4n) is 5.13. The zero-order valence-corrected chi connectivity index (χ0v) is 22.4. The molecule has 1 aliphatic carbocycles. The van der Waals surface area contributed by atoms with Crippen LogP contribution >= 0.6 is 11.3 Å². The van der Waals surface area contributed by atoms with Crippen LogP contribution in [0.1, 0.15) is 55.9 Å². The minimum absolute atomic E-state index is 0.109. The molecule has 0 bridgehead atoms. The van der Waals surface area contributed by atoms with Crippen molar-refractivity contribution in [2.75, 3.05) is 20.3 Å². The number of nitrogens with zero attached hydrogens (tertiary/aromatic N) is 5. The largest absolute Gasteiger partial charge is 0.497 e. The lowest BCUT2D eigenvalue weighted by atomic mass is 9.95. The Hall–Kier alpha value is -3.31. The maximum absolute atomic E-state index is 13.8. The lowest BCUT2D eigenvalue weighted by Gasteiger charge is -2.33. The first kappa shape index (κ1) is 26.3. The van der Waals surface area contributed by atoms with E-state index in [9.17, 15) is 9.59 Å². The van der Waals surface area contributed by atoms with Crippen LogP contribution in [0, 0.1) is 0 Å². The fourth-order valence-corrected chi connectivity index (χ4v) is 5.97. The van der Waals surface area contributed by atoms with Crippen LogP contribution in [0.15, 0.2) is 41.8 Å². The smallest absolute Gasteiger partial charge is 0.248 e. The van der Waals surface area contributed by atoms with Gasteiger partial charge in [-0.05, 0) is 66.6 Å². The highest BCUT2D eigenvalue weighted by atomic mass is 32.1. The van der Waals surface area contributed by atoms with E-state index in [2.05, 4.69) is 20.7 Å². The van der Waals surface area contributed by atoms with Gasteiger partial charge in [0.15, 0.2) is 0 Å². The summed E-state index contributed by atoms with van der Waals surface area (Å²) in [5.74, 6) is 0.746. The Morgan fingerprint density at radius 3 is 2.66 bits per heavy atom. The number of methoxy groups -OCH3 is 1. The van der Waals surface area contributed by atoms with E-state index in [1.165, 1.54) is 22.6 Å². The topological polar surface area (TPSA) is 111 Å². The Morgan fingerprint density at radius 2 is 1.97 bits per heavy atom. The van der Waals surface area contributed by atoms with Crippen molar-refractivity contribution in [2.24, 2.45) is 0 Å². The Kier molecular flexibility index (Phi) is 8.65. The van der Waals surface area contributed by atoms with Gasteiger partial charge < -0.3 is 19.7 Å². The number of aromatic nitrogens is 4. The average molecular weight is 539 g/mol. The van der Waals surface area contributed by atoms with Crippen molar-refractivity contribution in [1.82, 2.24) is 30.4 Å². The molecule has 202 valence electrons. The molecule has 0 spiro atoms. The monoisotopic (exact) mass is 538 g/mol. The van der Waals surface area contributed by atoms with Gasteiger partial charge in [0.2, 0.25) is 17.6 Å². The third kappa shape index (κ3) is 6.39. The summed E-state index contributed by atoms with van der Waals surface area (Å²) in [7, 11) is 1.61. The maximum atomic E-state index is 13.8. The summed E-state index contributed by atoms with van der Waals surface area (Å²) >= 11 is 1.48. The summed E-state index contributed by atoms with van der Waals surface area (Å²) in [4.78, 5) is 31.3. The van der Waals surface area contributed by atoms with Crippen LogP contribution in [0.5, 0.6) is 5.75 Å². The van der Waals surface area contributed by atoms with E-state index in [1.54, 1.807) is 12.0 Å². The molecule has 2 atom stereocenters.